The molecule has 0 nitrogen and oxygen atoms in total. The molecule has 0 N–H and O–H groups in total. The summed E-state index contributed by atoms with van der Waals surface area (Å²) in [5.74, 6) is 2.37. The van der Waals surface area contributed by atoms with Crippen molar-refractivity contribution in [1.82, 2.24) is 0 Å². The number of hydrogen-bond acceptors (Lipinski definition) is 0. The van der Waals surface area contributed by atoms with Gasteiger partial charge >= 0.3 is 0 Å². The van der Waals surface area contributed by atoms with Crippen molar-refractivity contribution in [2.75, 3.05) is 0 Å². The van der Waals surface area contributed by atoms with Crippen molar-refractivity contribution < 1.29 is 0 Å². The third kappa shape index (κ3) is 1.59. The summed E-state index contributed by atoms with van der Waals surface area (Å²) < 4.78 is 0. The summed E-state index contributed by atoms with van der Waals surface area (Å²) in [4.78, 5) is 0. The summed E-state index contributed by atoms with van der Waals surface area (Å²) in [6.45, 7) is 0. The molecule has 3 saturated carbocycles. The van der Waals surface area contributed by atoms with Crippen LogP contribution >= 0.6 is 7.92 Å². The lowest BCUT2D eigenvalue weighted by atomic mass is 9.71. The molecule has 2 saturated heterocycles. The fraction of sp³-hybridized carbons (Fsp3) is 1.00. The molecule has 0 radical (unpaired) electrons. The van der Waals surface area contributed by atoms with Crippen molar-refractivity contribution in [3.05, 3.63) is 0 Å². The van der Waals surface area contributed by atoms with Crippen LogP contribution in [0.25, 0.3) is 0 Å². The van der Waals surface area contributed by atoms with Gasteiger partial charge in [-0.25, -0.2) is 0 Å². The van der Waals surface area contributed by atoms with Crippen LogP contribution in [-0.4, -0.2) is 17.0 Å². The number of hydrogen-bond donors (Lipinski definition) is 0. The van der Waals surface area contributed by atoms with E-state index in [-0.39, 0.29) is 0 Å². The van der Waals surface area contributed by atoms with Crippen LogP contribution in [-0.2, 0) is 0 Å². The van der Waals surface area contributed by atoms with Gasteiger partial charge in [-0.3, -0.25) is 0 Å². The molecule has 2 heterocycles. The van der Waals surface area contributed by atoms with Gasteiger partial charge in [-0.1, -0.05) is 27.2 Å². The molecule has 0 aromatic heterocycles. The first-order valence-electron chi connectivity index (χ1n) is 7.67. The van der Waals surface area contributed by atoms with Crippen LogP contribution in [0.3, 0.4) is 0 Å². The van der Waals surface area contributed by atoms with E-state index < -0.39 is 0 Å². The van der Waals surface area contributed by atoms with Crippen molar-refractivity contribution in [3.63, 3.8) is 0 Å². The third-order valence-corrected chi connectivity index (χ3v) is 9.82. The van der Waals surface area contributed by atoms with Crippen LogP contribution in [0.1, 0.15) is 64.2 Å². The van der Waals surface area contributed by atoms with E-state index in [9.17, 15) is 0 Å². The van der Waals surface area contributed by atoms with Crippen LogP contribution in [0.4, 0.5) is 0 Å². The Morgan fingerprint density at radius 1 is 0.562 bits per heavy atom. The van der Waals surface area contributed by atoms with E-state index in [4.69, 9.17) is 0 Å². The van der Waals surface area contributed by atoms with Gasteiger partial charge in [-0.15, -0.1) is 0 Å². The van der Waals surface area contributed by atoms with Crippen molar-refractivity contribution in [2.24, 2.45) is 11.8 Å². The second-order valence-electron chi connectivity index (χ2n) is 6.96. The Bertz CT molecular complexity index is 236. The van der Waals surface area contributed by atoms with E-state index >= 15 is 0 Å². The molecule has 0 atom stereocenters. The zero-order valence-electron chi connectivity index (χ0n) is 10.4. The zero-order chi connectivity index (χ0) is 10.5. The molecule has 0 unspecified atom stereocenters. The highest BCUT2D eigenvalue weighted by Crippen LogP contribution is 2.70. The topological polar surface area (TPSA) is 0 Å². The van der Waals surface area contributed by atoms with Gasteiger partial charge in [-0.2, -0.15) is 0 Å². The highest BCUT2D eigenvalue weighted by atomic mass is 31.1. The monoisotopic (exact) mass is 236 g/mol. The van der Waals surface area contributed by atoms with E-state index in [0.29, 0.717) is 7.92 Å². The Morgan fingerprint density at radius 3 is 1.69 bits per heavy atom. The first kappa shape index (κ1) is 10.4. The molecular formula is C15H25P. The normalized spacial score (nSPS) is 52.1. The molecule has 0 aromatic carbocycles. The summed E-state index contributed by atoms with van der Waals surface area (Å²) >= 11 is 0. The van der Waals surface area contributed by atoms with Crippen molar-refractivity contribution in [1.29, 1.82) is 0 Å². The predicted molar refractivity (Wildman–Crippen MR) is 71.4 cm³/mol. The van der Waals surface area contributed by atoms with E-state index in [1.807, 2.05) is 0 Å². The van der Waals surface area contributed by atoms with E-state index in [2.05, 4.69) is 0 Å². The van der Waals surface area contributed by atoms with Crippen LogP contribution in [0.2, 0.25) is 0 Å². The molecule has 90 valence electrons. The maximum atomic E-state index is 1.66. The zero-order valence-corrected chi connectivity index (χ0v) is 11.3. The van der Waals surface area contributed by atoms with Crippen molar-refractivity contribution in [3.8, 4) is 0 Å². The van der Waals surface area contributed by atoms with Crippen LogP contribution in [0.15, 0.2) is 0 Å². The van der Waals surface area contributed by atoms with Crippen LogP contribution in [0.5, 0.6) is 0 Å². The molecule has 3 aliphatic carbocycles. The fourth-order valence-corrected chi connectivity index (χ4v) is 10.5. The maximum absolute atomic E-state index is 1.66. The average molecular weight is 236 g/mol. The third-order valence-electron chi connectivity index (χ3n) is 5.93. The van der Waals surface area contributed by atoms with E-state index in [1.165, 1.54) is 28.8 Å². The van der Waals surface area contributed by atoms with Gasteiger partial charge < -0.3 is 0 Å². The highest BCUT2D eigenvalue weighted by Gasteiger charge is 2.49. The minimum Gasteiger partial charge on any atom is -0.0971 e. The molecule has 0 aromatic rings. The van der Waals surface area contributed by atoms with E-state index in [1.54, 1.807) is 64.2 Å². The summed E-state index contributed by atoms with van der Waals surface area (Å²) in [6, 6.07) is 0. The quantitative estimate of drug-likeness (QED) is 0.576. The van der Waals surface area contributed by atoms with Crippen molar-refractivity contribution in [2.45, 2.75) is 81.2 Å². The Kier molecular flexibility index (Phi) is 2.57. The molecule has 16 heavy (non-hydrogen) atoms. The Balaban J connectivity index is 1.55. The first-order chi connectivity index (χ1) is 7.90. The first-order valence-corrected chi connectivity index (χ1v) is 9.22. The molecule has 2 aliphatic heterocycles. The molecular weight excluding hydrogens is 211 g/mol. The largest absolute Gasteiger partial charge is 0.0971 e. The molecule has 5 rings (SSSR count). The fourth-order valence-electron chi connectivity index (χ4n) is 5.54. The lowest BCUT2D eigenvalue weighted by molar-refractivity contribution is 0.176. The van der Waals surface area contributed by atoms with Gasteiger partial charge in [-0.05, 0) is 73.8 Å². The smallest absolute Gasteiger partial charge is 0.0199 e. The Morgan fingerprint density at radius 2 is 1.12 bits per heavy atom. The second kappa shape index (κ2) is 3.98. The predicted octanol–water partition coefficient (Wildman–Crippen LogP) is 4.76. The van der Waals surface area contributed by atoms with Gasteiger partial charge in [0.1, 0.15) is 0 Å². The lowest BCUT2D eigenvalue weighted by Gasteiger charge is -2.57. The van der Waals surface area contributed by atoms with Gasteiger partial charge in [0.05, 0.1) is 0 Å². The molecule has 5 aliphatic rings. The standard InChI is InChI=1S/C15H25P/c1-2-4-13(5-3-1)16-14-7-11-6-12(9-14)10-15(16)8-11/h11-15H,1-10H2. The molecule has 0 spiro atoms. The highest BCUT2D eigenvalue weighted by molar-refractivity contribution is 7.60. The Labute approximate surface area is 101 Å². The summed E-state index contributed by atoms with van der Waals surface area (Å²) in [5.41, 5.74) is 3.71. The average Bonchev–Trinajstić information content (AvgIpc) is 2.29. The minimum absolute atomic E-state index is 0.476. The van der Waals surface area contributed by atoms with E-state index in [0.717, 1.165) is 0 Å². The molecule has 5 fully saturated rings. The maximum Gasteiger partial charge on any atom is -0.0199 e. The van der Waals surface area contributed by atoms with Gasteiger partial charge in [0.15, 0.2) is 0 Å². The summed E-state index contributed by atoms with van der Waals surface area (Å²) in [7, 11) is 0.476. The Hall–Kier alpha value is 0.430. The summed E-state index contributed by atoms with van der Waals surface area (Å²) in [5, 5.41) is 0. The van der Waals surface area contributed by atoms with Crippen molar-refractivity contribution >= 4 is 7.92 Å². The molecule has 1 heteroatoms. The summed E-state index contributed by atoms with van der Waals surface area (Å²) in [6.07, 6.45) is 16.2. The van der Waals surface area contributed by atoms with Crippen LogP contribution in [0, 0.1) is 11.8 Å². The van der Waals surface area contributed by atoms with Gasteiger partial charge in [0.25, 0.3) is 0 Å². The lowest BCUT2D eigenvalue weighted by Crippen LogP contribution is -2.44. The van der Waals surface area contributed by atoms with Gasteiger partial charge in [0, 0.05) is 0 Å². The number of rotatable bonds is 1. The minimum atomic E-state index is 0.476. The SMILES string of the molecule is C1CCC(P2C3CC4CC(C3)CC2C4)CC1. The second-order valence-corrected chi connectivity index (χ2v) is 10.0. The molecule has 0 amide bonds. The van der Waals surface area contributed by atoms with Crippen LogP contribution < -0.4 is 0 Å². The van der Waals surface area contributed by atoms with Gasteiger partial charge in [0.2, 0.25) is 0 Å². The molecule has 4 bridgehead atoms.